The zero-order chi connectivity index (χ0) is 13.9. The van der Waals surface area contributed by atoms with E-state index in [1.165, 1.54) is 25.9 Å². The van der Waals surface area contributed by atoms with Gasteiger partial charge in [0.2, 0.25) is 0 Å². The standard InChI is InChI=1S/C16H23N3O/c17-14-5-4-13-6-11-19(16(20)15(13)12-14)10-3-9-18-7-1-2-8-18/h4-5,12H,1-3,6-11,17H2. The Bertz CT molecular complexity index is 494. The predicted octanol–water partition coefficient (Wildman–Crippen LogP) is 1.75. The minimum Gasteiger partial charge on any atom is -0.399 e. The molecule has 1 amide bonds. The summed E-state index contributed by atoms with van der Waals surface area (Å²) in [5.74, 6) is 0.153. The monoisotopic (exact) mass is 273 g/mol. The summed E-state index contributed by atoms with van der Waals surface area (Å²) in [5.41, 5.74) is 8.41. The van der Waals surface area contributed by atoms with Crippen LogP contribution >= 0.6 is 0 Å². The first-order valence-corrected chi connectivity index (χ1v) is 7.64. The Kier molecular flexibility index (Phi) is 3.92. The van der Waals surface area contributed by atoms with E-state index in [9.17, 15) is 4.79 Å². The highest BCUT2D eigenvalue weighted by atomic mass is 16.2. The van der Waals surface area contributed by atoms with E-state index in [0.717, 1.165) is 43.6 Å². The number of benzene rings is 1. The maximum absolute atomic E-state index is 12.5. The molecular formula is C16H23N3O. The van der Waals surface area contributed by atoms with Gasteiger partial charge in [0.1, 0.15) is 0 Å². The first kappa shape index (κ1) is 13.4. The van der Waals surface area contributed by atoms with Crippen LogP contribution in [0.25, 0.3) is 0 Å². The van der Waals surface area contributed by atoms with E-state index >= 15 is 0 Å². The van der Waals surface area contributed by atoms with Gasteiger partial charge in [-0.15, -0.1) is 0 Å². The lowest BCUT2D eigenvalue weighted by Crippen LogP contribution is -2.39. The van der Waals surface area contributed by atoms with Crippen LogP contribution in [0.15, 0.2) is 18.2 Å². The van der Waals surface area contributed by atoms with Crippen LogP contribution in [0.3, 0.4) is 0 Å². The molecule has 4 heteroatoms. The molecule has 0 radical (unpaired) electrons. The first-order valence-electron chi connectivity index (χ1n) is 7.64. The third kappa shape index (κ3) is 2.80. The average molecular weight is 273 g/mol. The van der Waals surface area contributed by atoms with Crippen molar-refractivity contribution in [1.29, 1.82) is 0 Å². The Morgan fingerprint density at radius 1 is 1.10 bits per heavy atom. The number of rotatable bonds is 4. The number of anilines is 1. The SMILES string of the molecule is Nc1ccc2c(c1)C(=O)N(CCCN1CCCC1)CC2. The predicted molar refractivity (Wildman–Crippen MR) is 80.8 cm³/mol. The molecule has 1 aromatic carbocycles. The van der Waals surface area contributed by atoms with E-state index in [4.69, 9.17) is 5.73 Å². The normalized spacial score (nSPS) is 19.4. The van der Waals surface area contributed by atoms with Crippen LogP contribution in [-0.4, -0.2) is 48.4 Å². The molecule has 2 aliphatic rings. The van der Waals surface area contributed by atoms with Gasteiger partial charge in [-0.05, 0) is 63.0 Å². The molecule has 4 nitrogen and oxygen atoms in total. The van der Waals surface area contributed by atoms with Gasteiger partial charge in [0.25, 0.3) is 5.91 Å². The van der Waals surface area contributed by atoms with Crippen molar-refractivity contribution in [3.63, 3.8) is 0 Å². The number of hydrogen-bond acceptors (Lipinski definition) is 3. The fourth-order valence-corrected chi connectivity index (χ4v) is 3.24. The molecule has 0 aromatic heterocycles. The Balaban J connectivity index is 1.57. The van der Waals surface area contributed by atoms with Crippen molar-refractivity contribution in [3.8, 4) is 0 Å². The van der Waals surface area contributed by atoms with Gasteiger partial charge in [0.05, 0.1) is 0 Å². The molecule has 2 aliphatic heterocycles. The molecule has 0 atom stereocenters. The second-order valence-corrected chi connectivity index (χ2v) is 5.86. The molecule has 2 N–H and O–H groups in total. The average Bonchev–Trinajstić information content (AvgIpc) is 2.95. The van der Waals surface area contributed by atoms with Crippen LogP contribution in [0, 0.1) is 0 Å². The third-order valence-corrected chi connectivity index (χ3v) is 4.40. The molecule has 0 bridgehead atoms. The Morgan fingerprint density at radius 3 is 2.70 bits per heavy atom. The lowest BCUT2D eigenvalue weighted by molar-refractivity contribution is 0.0733. The summed E-state index contributed by atoms with van der Waals surface area (Å²) in [4.78, 5) is 16.9. The summed E-state index contributed by atoms with van der Waals surface area (Å²) in [7, 11) is 0. The lowest BCUT2D eigenvalue weighted by atomic mass is 9.98. The van der Waals surface area contributed by atoms with Crippen LogP contribution in [-0.2, 0) is 6.42 Å². The molecule has 3 rings (SSSR count). The van der Waals surface area contributed by atoms with Crippen molar-refractivity contribution in [3.05, 3.63) is 29.3 Å². The molecule has 1 aromatic rings. The number of amides is 1. The molecule has 0 spiro atoms. The zero-order valence-electron chi connectivity index (χ0n) is 12.0. The number of carbonyl (C=O) groups is 1. The summed E-state index contributed by atoms with van der Waals surface area (Å²) in [6.45, 7) is 5.29. The van der Waals surface area contributed by atoms with E-state index in [-0.39, 0.29) is 5.91 Å². The number of nitrogens with zero attached hydrogens (tertiary/aromatic N) is 2. The minimum atomic E-state index is 0.153. The Labute approximate surface area is 120 Å². The molecule has 2 heterocycles. The van der Waals surface area contributed by atoms with Gasteiger partial charge in [-0.2, -0.15) is 0 Å². The van der Waals surface area contributed by atoms with Gasteiger partial charge in [0.15, 0.2) is 0 Å². The van der Waals surface area contributed by atoms with E-state index in [1.54, 1.807) is 0 Å². The van der Waals surface area contributed by atoms with Crippen molar-refractivity contribution in [2.45, 2.75) is 25.7 Å². The van der Waals surface area contributed by atoms with E-state index < -0.39 is 0 Å². The molecule has 20 heavy (non-hydrogen) atoms. The van der Waals surface area contributed by atoms with Gasteiger partial charge in [-0.25, -0.2) is 0 Å². The topological polar surface area (TPSA) is 49.6 Å². The molecule has 1 fully saturated rings. The van der Waals surface area contributed by atoms with Crippen molar-refractivity contribution < 1.29 is 4.79 Å². The van der Waals surface area contributed by atoms with Crippen LogP contribution in [0.5, 0.6) is 0 Å². The van der Waals surface area contributed by atoms with Crippen molar-refractivity contribution in [1.82, 2.24) is 9.80 Å². The smallest absolute Gasteiger partial charge is 0.254 e. The third-order valence-electron chi connectivity index (χ3n) is 4.40. The van der Waals surface area contributed by atoms with Crippen LogP contribution < -0.4 is 5.73 Å². The van der Waals surface area contributed by atoms with Crippen LogP contribution in [0.2, 0.25) is 0 Å². The summed E-state index contributed by atoms with van der Waals surface area (Å²) in [6, 6.07) is 5.70. The number of likely N-dealkylation sites (tertiary alicyclic amines) is 1. The fourth-order valence-electron chi connectivity index (χ4n) is 3.24. The van der Waals surface area contributed by atoms with Gasteiger partial charge in [0, 0.05) is 24.3 Å². The number of carbonyl (C=O) groups excluding carboxylic acids is 1. The number of fused-ring (bicyclic) bond motifs is 1. The molecule has 0 saturated carbocycles. The second kappa shape index (κ2) is 5.83. The van der Waals surface area contributed by atoms with Crippen molar-refractivity contribution in [2.24, 2.45) is 0 Å². The van der Waals surface area contributed by atoms with E-state index in [2.05, 4.69) is 4.90 Å². The molecule has 0 unspecified atom stereocenters. The van der Waals surface area contributed by atoms with Crippen LogP contribution in [0.4, 0.5) is 5.69 Å². The maximum Gasteiger partial charge on any atom is 0.254 e. The fraction of sp³-hybridized carbons (Fsp3) is 0.562. The van der Waals surface area contributed by atoms with Crippen molar-refractivity contribution >= 4 is 11.6 Å². The summed E-state index contributed by atoms with van der Waals surface area (Å²) < 4.78 is 0. The number of hydrogen-bond donors (Lipinski definition) is 1. The lowest BCUT2D eigenvalue weighted by Gasteiger charge is -2.29. The zero-order valence-corrected chi connectivity index (χ0v) is 12.0. The quantitative estimate of drug-likeness (QED) is 0.850. The molecule has 108 valence electrons. The first-order chi connectivity index (χ1) is 9.74. The van der Waals surface area contributed by atoms with Gasteiger partial charge in [-0.1, -0.05) is 6.07 Å². The highest BCUT2D eigenvalue weighted by molar-refractivity contribution is 5.97. The Morgan fingerprint density at radius 2 is 1.90 bits per heavy atom. The van der Waals surface area contributed by atoms with Crippen LogP contribution in [0.1, 0.15) is 35.2 Å². The summed E-state index contributed by atoms with van der Waals surface area (Å²) in [6.07, 6.45) is 4.68. The van der Waals surface area contributed by atoms with E-state index in [1.807, 2.05) is 23.1 Å². The summed E-state index contributed by atoms with van der Waals surface area (Å²) in [5, 5.41) is 0. The maximum atomic E-state index is 12.5. The van der Waals surface area contributed by atoms with Crippen molar-refractivity contribution in [2.75, 3.05) is 38.5 Å². The second-order valence-electron chi connectivity index (χ2n) is 5.86. The minimum absolute atomic E-state index is 0.153. The highest BCUT2D eigenvalue weighted by Gasteiger charge is 2.24. The highest BCUT2D eigenvalue weighted by Crippen LogP contribution is 2.21. The summed E-state index contributed by atoms with van der Waals surface area (Å²) >= 11 is 0. The number of nitrogen functional groups attached to an aromatic ring is 1. The van der Waals surface area contributed by atoms with Gasteiger partial charge in [-0.3, -0.25) is 4.79 Å². The molecule has 0 aliphatic carbocycles. The van der Waals surface area contributed by atoms with Gasteiger partial charge >= 0.3 is 0 Å². The Hall–Kier alpha value is -1.55. The molecule has 1 saturated heterocycles. The van der Waals surface area contributed by atoms with Gasteiger partial charge < -0.3 is 15.5 Å². The van der Waals surface area contributed by atoms with E-state index in [0.29, 0.717) is 5.69 Å². The largest absolute Gasteiger partial charge is 0.399 e. The molecular weight excluding hydrogens is 250 g/mol. The number of nitrogens with two attached hydrogens (primary N) is 1.